The molecule has 0 spiro atoms. The second-order valence-corrected chi connectivity index (χ2v) is 14.1. The smallest absolute Gasteiger partial charge is 0.308 e. The quantitative estimate of drug-likeness (QED) is 0.259. The van der Waals surface area contributed by atoms with E-state index in [1.54, 1.807) is 62.8 Å². The molecule has 4 aromatic rings. The maximum Gasteiger partial charge on any atom is 0.308 e. The Kier molecular flexibility index (Phi) is 8.09. The van der Waals surface area contributed by atoms with Gasteiger partial charge in [0.25, 0.3) is 0 Å². The summed E-state index contributed by atoms with van der Waals surface area (Å²) in [5.41, 5.74) is 2.91. The van der Waals surface area contributed by atoms with Gasteiger partial charge < -0.3 is 14.8 Å². The lowest BCUT2D eigenvalue weighted by Gasteiger charge is -2.31. The summed E-state index contributed by atoms with van der Waals surface area (Å²) in [4.78, 5) is 56.3. The fraction of sp³-hybridized carbons (Fsp3) is 0.294. The topological polar surface area (TPSA) is 107 Å². The molecule has 3 atom stereocenters. The second kappa shape index (κ2) is 11.9. The number of thioether (sulfide) groups is 1. The van der Waals surface area contributed by atoms with Crippen molar-refractivity contribution in [3.63, 3.8) is 0 Å². The third-order valence-electron chi connectivity index (χ3n) is 8.19. The number of aromatic nitrogens is 1. The van der Waals surface area contributed by atoms with Crippen LogP contribution in [0.2, 0.25) is 0 Å². The van der Waals surface area contributed by atoms with Crippen molar-refractivity contribution >= 4 is 52.2 Å². The summed E-state index contributed by atoms with van der Waals surface area (Å²) in [6.45, 7) is 6.15. The summed E-state index contributed by atoms with van der Waals surface area (Å²) in [6.07, 6.45) is 0. The maximum atomic E-state index is 14.2. The van der Waals surface area contributed by atoms with Crippen LogP contribution in [0.25, 0.3) is 0 Å². The number of amides is 3. The normalized spacial score (nSPS) is 19.2. The third-order valence-corrected chi connectivity index (χ3v) is 10.8. The molecule has 0 aliphatic carbocycles. The molecule has 1 fully saturated rings. The Balaban J connectivity index is 1.39. The minimum Gasteiger partial charge on any atom is -0.497 e. The number of nitrogens with one attached hydrogen (secondary N) is 1. The Morgan fingerprint density at radius 1 is 0.844 bits per heavy atom. The molecule has 2 aliphatic rings. The Morgan fingerprint density at radius 3 is 2.02 bits per heavy atom. The highest BCUT2D eigenvalue weighted by atomic mass is 32.2. The number of carbonyl (C=O) groups is 3. The predicted octanol–water partition coefficient (Wildman–Crippen LogP) is 5.66. The van der Waals surface area contributed by atoms with E-state index in [1.807, 2.05) is 24.3 Å². The van der Waals surface area contributed by atoms with Crippen LogP contribution in [0.15, 0.2) is 82.6 Å². The number of ether oxygens (including phenoxy) is 2. The summed E-state index contributed by atoms with van der Waals surface area (Å²) < 4.78 is 11.9. The Morgan fingerprint density at radius 2 is 1.44 bits per heavy atom. The van der Waals surface area contributed by atoms with Crippen LogP contribution >= 0.6 is 23.1 Å². The van der Waals surface area contributed by atoms with Gasteiger partial charge in [0.1, 0.15) is 23.3 Å². The number of anilines is 2. The van der Waals surface area contributed by atoms with E-state index in [-0.39, 0.29) is 34.6 Å². The van der Waals surface area contributed by atoms with Crippen LogP contribution in [0.1, 0.15) is 42.7 Å². The van der Waals surface area contributed by atoms with E-state index in [0.29, 0.717) is 32.8 Å². The van der Waals surface area contributed by atoms with Crippen LogP contribution in [0.4, 0.5) is 11.4 Å². The van der Waals surface area contributed by atoms with Crippen LogP contribution in [-0.4, -0.2) is 41.8 Å². The molecule has 1 aromatic heterocycles. The number of hydrogen-bond acceptors (Lipinski definition) is 8. The van der Waals surface area contributed by atoms with Gasteiger partial charge in [-0.25, -0.2) is 4.90 Å². The molecule has 0 unspecified atom stereocenters. The molecule has 232 valence electrons. The molecule has 6 rings (SSSR count). The number of methoxy groups -OCH3 is 2. The van der Waals surface area contributed by atoms with Crippen molar-refractivity contribution in [2.45, 2.75) is 48.9 Å². The summed E-state index contributed by atoms with van der Waals surface area (Å²) in [7, 11) is 3.12. The van der Waals surface area contributed by atoms with Crippen molar-refractivity contribution in [3.8, 4) is 11.5 Å². The van der Waals surface area contributed by atoms with E-state index in [4.69, 9.17) is 9.47 Å². The van der Waals surface area contributed by atoms with Gasteiger partial charge in [0.2, 0.25) is 17.7 Å². The van der Waals surface area contributed by atoms with Crippen molar-refractivity contribution in [1.29, 1.82) is 0 Å². The van der Waals surface area contributed by atoms with Gasteiger partial charge in [-0.3, -0.25) is 23.7 Å². The van der Waals surface area contributed by atoms with Gasteiger partial charge >= 0.3 is 4.87 Å². The van der Waals surface area contributed by atoms with Crippen LogP contribution in [0.5, 0.6) is 11.5 Å². The number of carbonyl (C=O) groups excluding carboxylic acids is 3. The van der Waals surface area contributed by atoms with E-state index in [1.165, 1.54) is 21.2 Å². The number of imide groups is 1. The zero-order valence-corrected chi connectivity index (χ0v) is 27.2. The van der Waals surface area contributed by atoms with Crippen LogP contribution < -0.4 is 24.6 Å². The predicted molar refractivity (Wildman–Crippen MR) is 176 cm³/mol. The summed E-state index contributed by atoms with van der Waals surface area (Å²) in [5.74, 6) is -1.05. The fourth-order valence-electron chi connectivity index (χ4n) is 5.81. The number of benzene rings is 3. The van der Waals surface area contributed by atoms with E-state index >= 15 is 0 Å². The van der Waals surface area contributed by atoms with Crippen LogP contribution in [0.3, 0.4) is 0 Å². The van der Waals surface area contributed by atoms with Crippen LogP contribution in [-0.2, 0) is 26.3 Å². The summed E-state index contributed by atoms with van der Waals surface area (Å²) in [6, 6.07) is 21.8. The first-order chi connectivity index (χ1) is 21.5. The lowest BCUT2D eigenvalue weighted by atomic mass is 9.81. The molecule has 0 radical (unpaired) electrons. The van der Waals surface area contributed by atoms with Crippen molar-refractivity contribution in [3.05, 3.63) is 98.5 Å². The van der Waals surface area contributed by atoms with Gasteiger partial charge in [0, 0.05) is 16.5 Å². The molecule has 9 nitrogen and oxygen atoms in total. The van der Waals surface area contributed by atoms with Crippen molar-refractivity contribution in [1.82, 2.24) is 4.57 Å². The van der Waals surface area contributed by atoms with Crippen LogP contribution in [0, 0.1) is 5.92 Å². The molecule has 45 heavy (non-hydrogen) atoms. The third kappa shape index (κ3) is 5.66. The first-order valence-corrected chi connectivity index (χ1v) is 16.2. The van der Waals surface area contributed by atoms with E-state index in [0.717, 1.165) is 22.5 Å². The van der Waals surface area contributed by atoms with E-state index < -0.39 is 17.1 Å². The number of nitrogens with zero attached hydrogens (tertiary/aromatic N) is 2. The molecule has 3 aromatic carbocycles. The minimum atomic E-state index is -0.774. The molecule has 2 aliphatic heterocycles. The summed E-state index contributed by atoms with van der Waals surface area (Å²) >= 11 is 2.22. The molecule has 0 bridgehead atoms. The highest BCUT2D eigenvalue weighted by Crippen LogP contribution is 2.54. The molecular formula is C34H33N3O6S2. The molecular weight excluding hydrogens is 611 g/mol. The number of thiazole rings is 1. The first kappa shape index (κ1) is 30.7. The monoisotopic (exact) mass is 643 g/mol. The highest BCUT2D eigenvalue weighted by molar-refractivity contribution is 8.00. The zero-order chi connectivity index (χ0) is 32.0. The number of rotatable bonds is 7. The fourth-order valence-corrected chi connectivity index (χ4v) is 8.58. The van der Waals surface area contributed by atoms with Crippen molar-refractivity contribution in [2.24, 2.45) is 5.92 Å². The summed E-state index contributed by atoms with van der Waals surface area (Å²) in [5, 5.41) is 2.60. The Bertz CT molecular complexity index is 1820. The molecule has 3 heterocycles. The molecule has 3 amide bonds. The van der Waals surface area contributed by atoms with Crippen molar-refractivity contribution in [2.75, 3.05) is 24.4 Å². The Hall–Kier alpha value is -4.35. The van der Waals surface area contributed by atoms with E-state index in [2.05, 4.69) is 26.1 Å². The lowest BCUT2D eigenvalue weighted by Crippen LogP contribution is -2.33. The molecule has 1 saturated heterocycles. The van der Waals surface area contributed by atoms with E-state index in [9.17, 15) is 19.2 Å². The minimum absolute atomic E-state index is 0.0790. The van der Waals surface area contributed by atoms with Crippen molar-refractivity contribution < 1.29 is 23.9 Å². The highest BCUT2D eigenvalue weighted by Gasteiger charge is 2.56. The average Bonchev–Trinajstić information content (AvgIpc) is 3.47. The first-order valence-electron chi connectivity index (χ1n) is 14.5. The van der Waals surface area contributed by atoms with Gasteiger partial charge in [-0.1, -0.05) is 68.1 Å². The van der Waals surface area contributed by atoms with Gasteiger partial charge in [0.05, 0.1) is 30.9 Å². The second-order valence-electron chi connectivity index (χ2n) is 12.0. The number of hydrogen-bond donors (Lipinski definition) is 1. The molecule has 0 saturated carbocycles. The average molecular weight is 644 g/mol. The largest absolute Gasteiger partial charge is 0.497 e. The molecule has 1 N–H and O–H groups in total. The van der Waals surface area contributed by atoms with Gasteiger partial charge in [-0.15, -0.1) is 0 Å². The van der Waals surface area contributed by atoms with Gasteiger partial charge in [-0.05, 0) is 65.1 Å². The van der Waals surface area contributed by atoms with Gasteiger partial charge in [-0.2, -0.15) is 0 Å². The zero-order valence-electron chi connectivity index (χ0n) is 25.5. The standard InChI is InChI=1S/C34H33N3O6S2/c1-34(2,3)20-8-6-19(7-9-20)26-27-28(31(40)37(30(27)39)22-12-16-24(43-5)17-13-22)44-32-29(26)45-33(41)36(32)18-25(38)35-21-10-14-23(42-4)15-11-21/h6-17,26-28H,18H2,1-5H3,(H,35,38)/t26-,27-,28+/m0/s1. The molecule has 11 heteroatoms. The van der Waals surface area contributed by atoms with Gasteiger partial charge in [0.15, 0.2) is 0 Å². The Labute approximate surface area is 269 Å². The lowest BCUT2D eigenvalue weighted by molar-refractivity contribution is -0.122. The number of fused-ring (bicyclic) bond motifs is 2. The SMILES string of the molecule is COc1ccc(NC(=O)Cn2c3c(sc2=O)[C@@H](c2ccc(C(C)(C)C)cc2)[C@@H]2C(=O)N(c4ccc(OC)cc4)C(=O)[C@@H]2S3)cc1. The maximum absolute atomic E-state index is 14.2.